The highest BCUT2D eigenvalue weighted by Gasteiger charge is 2.18. The summed E-state index contributed by atoms with van der Waals surface area (Å²) in [4.78, 5) is 0. The quantitative estimate of drug-likeness (QED) is 0.566. The average Bonchev–Trinajstić information content (AvgIpc) is 2.55. The molecule has 1 heterocycles. The van der Waals surface area contributed by atoms with Crippen molar-refractivity contribution < 1.29 is 4.74 Å². The Hall–Kier alpha value is -2.25. The first-order chi connectivity index (χ1) is 10.3. The zero-order valence-electron chi connectivity index (χ0n) is 11.3. The number of ether oxygens (including phenoxy) is 1. The van der Waals surface area contributed by atoms with Crippen molar-refractivity contribution in [3.63, 3.8) is 0 Å². The van der Waals surface area contributed by atoms with Crippen LogP contribution in [0.2, 0.25) is 5.02 Å². The highest BCUT2D eigenvalue weighted by Crippen LogP contribution is 2.42. The summed E-state index contributed by atoms with van der Waals surface area (Å²) in [6.45, 7) is 0. The van der Waals surface area contributed by atoms with Crippen molar-refractivity contribution in [1.82, 2.24) is 0 Å². The van der Waals surface area contributed by atoms with Gasteiger partial charge in [0.05, 0.1) is 6.26 Å². The van der Waals surface area contributed by atoms with E-state index in [4.69, 9.17) is 16.3 Å². The van der Waals surface area contributed by atoms with Gasteiger partial charge in [0, 0.05) is 21.7 Å². The summed E-state index contributed by atoms with van der Waals surface area (Å²) < 4.78 is 5.83. The number of halogens is 1. The van der Waals surface area contributed by atoms with Crippen molar-refractivity contribution in [1.29, 1.82) is 0 Å². The predicted molar refractivity (Wildman–Crippen MR) is 87.9 cm³/mol. The van der Waals surface area contributed by atoms with Crippen molar-refractivity contribution >= 4 is 22.4 Å². The van der Waals surface area contributed by atoms with E-state index in [2.05, 4.69) is 30.3 Å². The molecule has 0 unspecified atom stereocenters. The van der Waals surface area contributed by atoms with Crippen LogP contribution in [-0.4, -0.2) is 0 Å². The number of benzene rings is 3. The molecule has 1 aliphatic rings. The van der Waals surface area contributed by atoms with Crippen molar-refractivity contribution in [3.05, 3.63) is 77.5 Å². The molecule has 0 aliphatic carbocycles. The third-order valence-electron chi connectivity index (χ3n) is 3.87. The maximum absolute atomic E-state index is 6.38. The van der Waals surface area contributed by atoms with E-state index in [1.165, 1.54) is 16.3 Å². The van der Waals surface area contributed by atoms with Gasteiger partial charge < -0.3 is 4.74 Å². The van der Waals surface area contributed by atoms with Gasteiger partial charge >= 0.3 is 0 Å². The SMILES string of the molecule is Clc1ccccc1-c1cc2ccccc2c2c1OC=CC2. The number of rotatable bonds is 1. The maximum atomic E-state index is 6.38. The Labute approximate surface area is 128 Å². The van der Waals surface area contributed by atoms with E-state index >= 15 is 0 Å². The summed E-state index contributed by atoms with van der Waals surface area (Å²) in [5.41, 5.74) is 3.29. The largest absolute Gasteiger partial charge is 0.464 e. The Bertz CT molecular complexity index is 865. The first kappa shape index (κ1) is 12.5. The molecule has 0 saturated heterocycles. The monoisotopic (exact) mass is 292 g/mol. The Morgan fingerprint density at radius 2 is 1.71 bits per heavy atom. The predicted octanol–water partition coefficient (Wildman–Crippen LogP) is 5.61. The minimum atomic E-state index is 0.744. The molecule has 0 aromatic heterocycles. The molecule has 0 saturated carbocycles. The lowest BCUT2D eigenvalue weighted by atomic mass is 9.93. The molecule has 2 heteroatoms. The van der Waals surface area contributed by atoms with Gasteiger partial charge in [0.1, 0.15) is 5.75 Å². The zero-order chi connectivity index (χ0) is 14.2. The highest BCUT2D eigenvalue weighted by molar-refractivity contribution is 6.33. The smallest absolute Gasteiger partial charge is 0.138 e. The molecule has 1 nitrogen and oxygen atoms in total. The Morgan fingerprint density at radius 1 is 0.905 bits per heavy atom. The Morgan fingerprint density at radius 3 is 2.62 bits per heavy atom. The molecular weight excluding hydrogens is 280 g/mol. The van der Waals surface area contributed by atoms with E-state index in [1.54, 1.807) is 6.26 Å². The zero-order valence-corrected chi connectivity index (χ0v) is 12.1. The van der Waals surface area contributed by atoms with Crippen LogP contribution in [-0.2, 0) is 6.42 Å². The number of allylic oxidation sites excluding steroid dienone is 1. The van der Waals surface area contributed by atoms with Crippen molar-refractivity contribution in [3.8, 4) is 16.9 Å². The van der Waals surface area contributed by atoms with Gasteiger partial charge in [-0.2, -0.15) is 0 Å². The average molecular weight is 293 g/mol. The summed E-state index contributed by atoms with van der Waals surface area (Å²) in [7, 11) is 0. The van der Waals surface area contributed by atoms with Crippen LogP contribution >= 0.6 is 11.6 Å². The molecule has 0 radical (unpaired) electrons. The summed E-state index contributed by atoms with van der Waals surface area (Å²) in [6.07, 6.45) is 4.69. The molecule has 21 heavy (non-hydrogen) atoms. The molecule has 4 rings (SSSR count). The van der Waals surface area contributed by atoms with Crippen LogP contribution in [0.3, 0.4) is 0 Å². The van der Waals surface area contributed by atoms with Gasteiger partial charge in [-0.25, -0.2) is 0 Å². The van der Waals surface area contributed by atoms with Crippen LogP contribution in [0.15, 0.2) is 66.9 Å². The topological polar surface area (TPSA) is 9.23 Å². The van der Waals surface area contributed by atoms with Crippen LogP contribution in [0.25, 0.3) is 21.9 Å². The molecule has 1 aliphatic heterocycles. The second-order valence-corrected chi connectivity index (χ2v) is 5.53. The molecule has 0 amide bonds. The lowest BCUT2D eigenvalue weighted by Crippen LogP contribution is -2.00. The number of hydrogen-bond acceptors (Lipinski definition) is 1. The minimum absolute atomic E-state index is 0.744. The molecule has 0 fully saturated rings. The van der Waals surface area contributed by atoms with Crippen molar-refractivity contribution in [2.75, 3.05) is 0 Å². The second-order valence-electron chi connectivity index (χ2n) is 5.13. The third-order valence-corrected chi connectivity index (χ3v) is 4.20. The van der Waals surface area contributed by atoms with Crippen LogP contribution in [0.4, 0.5) is 0 Å². The van der Waals surface area contributed by atoms with E-state index in [0.29, 0.717) is 0 Å². The lowest BCUT2D eigenvalue weighted by Gasteiger charge is -2.19. The summed E-state index contributed by atoms with van der Waals surface area (Å²) in [5.74, 6) is 0.921. The van der Waals surface area contributed by atoms with E-state index < -0.39 is 0 Å². The van der Waals surface area contributed by atoms with Crippen molar-refractivity contribution in [2.45, 2.75) is 6.42 Å². The Kier molecular flexibility index (Phi) is 2.94. The first-order valence-electron chi connectivity index (χ1n) is 6.96. The van der Waals surface area contributed by atoms with Crippen molar-refractivity contribution in [2.24, 2.45) is 0 Å². The molecule has 0 spiro atoms. The molecule has 0 N–H and O–H groups in total. The second kappa shape index (κ2) is 4.94. The third kappa shape index (κ3) is 2.01. The molecule has 102 valence electrons. The summed E-state index contributed by atoms with van der Waals surface area (Å²) >= 11 is 6.38. The van der Waals surface area contributed by atoms with Crippen LogP contribution in [0, 0.1) is 0 Å². The normalized spacial score (nSPS) is 13.0. The number of hydrogen-bond donors (Lipinski definition) is 0. The molecule has 3 aromatic carbocycles. The standard InChI is InChI=1S/C19H13ClO/c20-18-10-4-3-8-15(18)17-12-13-6-1-2-7-14(13)16-9-5-11-21-19(16)17/h1-8,10-12H,9H2. The maximum Gasteiger partial charge on any atom is 0.138 e. The van der Waals surface area contributed by atoms with Crippen LogP contribution < -0.4 is 4.74 Å². The van der Waals surface area contributed by atoms with Gasteiger partial charge in [-0.15, -0.1) is 0 Å². The fourth-order valence-corrected chi connectivity index (χ4v) is 3.14. The summed E-state index contributed by atoms with van der Waals surface area (Å²) in [6, 6.07) is 18.5. The van der Waals surface area contributed by atoms with Gasteiger partial charge in [-0.05, 0) is 35.4 Å². The lowest BCUT2D eigenvalue weighted by molar-refractivity contribution is 0.468. The van der Waals surface area contributed by atoms with Gasteiger partial charge in [0.15, 0.2) is 0 Å². The van der Waals surface area contributed by atoms with E-state index in [0.717, 1.165) is 28.3 Å². The summed E-state index contributed by atoms with van der Waals surface area (Å²) in [5, 5.41) is 3.20. The fourth-order valence-electron chi connectivity index (χ4n) is 2.90. The first-order valence-corrected chi connectivity index (χ1v) is 7.33. The molecule has 3 aromatic rings. The fraction of sp³-hybridized carbons (Fsp3) is 0.0526. The Balaban J connectivity index is 2.09. The number of fused-ring (bicyclic) bond motifs is 3. The minimum Gasteiger partial charge on any atom is -0.464 e. The highest BCUT2D eigenvalue weighted by atomic mass is 35.5. The van der Waals surface area contributed by atoms with Crippen LogP contribution in [0.5, 0.6) is 5.75 Å². The van der Waals surface area contributed by atoms with E-state index in [1.807, 2.05) is 30.3 Å². The van der Waals surface area contributed by atoms with Crippen LogP contribution in [0.1, 0.15) is 5.56 Å². The van der Waals surface area contributed by atoms with Gasteiger partial charge in [-0.3, -0.25) is 0 Å². The molecular formula is C19H13ClO. The van der Waals surface area contributed by atoms with Gasteiger partial charge in [-0.1, -0.05) is 54.1 Å². The van der Waals surface area contributed by atoms with E-state index in [-0.39, 0.29) is 0 Å². The van der Waals surface area contributed by atoms with Gasteiger partial charge in [0.2, 0.25) is 0 Å². The molecule has 0 bridgehead atoms. The molecule has 0 atom stereocenters. The van der Waals surface area contributed by atoms with E-state index in [9.17, 15) is 0 Å². The van der Waals surface area contributed by atoms with Gasteiger partial charge in [0.25, 0.3) is 0 Å².